The van der Waals surface area contributed by atoms with E-state index in [0.29, 0.717) is 16.7 Å². The first-order valence-corrected chi connectivity index (χ1v) is 7.73. The number of hydrogen-bond acceptors (Lipinski definition) is 6. The summed E-state index contributed by atoms with van der Waals surface area (Å²) in [5, 5.41) is 11.2. The highest BCUT2D eigenvalue weighted by atomic mass is 32.2. The van der Waals surface area contributed by atoms with E-state index in [0.717, 1.165) is 5.56 Å². The van der Waals surface area contributed by atoms with Crippen LogP contribution in [0.15, 0.2) is 28.4 Å². The minimum absolute atomic E-state index is 0.0138. The zero-order valence-corrected chi connectivity index (χ0v) is 13.8. The maximum Gasteiger partial charge on any atom is 0.239 e. The Labute approximate surface area is 134 Å². The maximum atomic E-state index is 11.7. The van der Waals surface area contributed by atoms with Gasteiger partial charge in [-0.1, -0.05) is 25.6 Å². The fourth-order valence-corrected chi connectivity index (χ4v) is 2.88. The molecule has 0 unspecified atom stereocenters. The molecule has 0 aromatic heterocycles. The van der Waals surface area contributed by atoms with Crippen LogP contribution in [-0.4, -0.2) is 36.8 Å². The number of amides is 1. The second-order valence-corrected chi connectivity index (χ2v) is 6.17. The summed E-state index contributed by atoms with van der Waals surface area (Å²) < 4.78 is 10.4. The number of ether oxygens (including phenoxy) is 2. The normalized spacial score (nSPS) is 20.0. The molecule has 0 saturated carbocycles. The number of hydrogen-bond donors (Lipinski definition) is 1. The number of methoxy groups -OCH3 is 2. The van der Waals surface area contributed by atoms with Crippen molar-refractivity contribution in [3.63, 3.8) is 0 Å². The first-order chi connectivity index (χ1) is 10.5. The molecule has 0 radical (unpaired) electrons. The Morgan fingerprint density at radius 2 is 2.00 bits per heavy atom. The van der Waals surface area contributed by atoms with Crippen LogP contribution in [0, 0.1) is 5.92 Å². The third-order valence-electron chi connectivity index (χ3n) is 3.10. The summed E-state index contributed by atoms with van der Waals surface area (Å²) >= 11 is 1.41. The predicted molar refractivity (Wildman–Crippen MR) is 88.9 cm³/mol. The maximum absolute atomic E-state index is 11.7. The Morgan fingerprint density at radius 1 is 1.27 bits per heavy atom. The second kappa shape index (κ2) is 7.31. The third kappa shape index (κ3) is 3.79. The van der Waals surface area contributed by atoms with Gasteiger partial charge in [0.1, 0.15) is 0 Å². The number of rotatable bonds is 5. The summed E-state index contributed by atoms with van der Waals surface area (Å²) in [7, 11) is 3.17. The molecule has 1 atom stereocenters. The van der Waals surface area contributed by atoms with E-state index >= 15 is 0 Å². The van der Waals surface area contributed by atoms with Gasteiger partial charge in [0.05, 0.1) is 25.7 Å². The molecule has 1 fully saturated rings. The molecule has 6 nitrogen and oxygen atoms in total. The Balaban J connectivity index is 2.07. The molecule has 1 heterocycles. The van der Waals surface area contributed by atoms with Gasteiger partial charge in [0, 0.05) is 0 Å². The van der Waals surface area contributed by atoms with Gasteiger partial charge in [-0.2, -0.15) is 5.10 Å². The van der Waals surface area contributed by atoms with Crippen LogP contribution in [-0.2, 0) is 4.79 Å². The van der Waals surface area contributed by atoms with Crippen molar-refractivity contribution in [1.82, 2.24) is 5.32 Å². The molecule has 0 aliphatic carbocycles. The lowest BCUT2D eigenvalue weighted by molar-refractivity contribution is -0.119. The molecule has 118 valence electrons. The zero-order valence-electron chi connectivity index (χ0n) is 13.0. The van der Waals surface area contributed by atoms with Crippen molar-refractivity contribution in [2.45, 2.75) is 19.1 Å². The molecule has 7 heteroatoms. The van der Waals surface area contributed by atoms with E-state index in [-0.39, 0.29) is 17.1 Å². The van der Waals surface area contributed by atoms with Crippen LogP contribution in [0.1, 0.15) is 19.4 Å². The number of nitrogens with one attached hydrogen (secondary N) is 1. The largest absolute Gasteiger partial charge is 0.493 e. The lowest BCUT2D eigenvalue weighted by atomic mass is 10.1. The Hall–Kier alpha value is -2.02. The monoisotopic (exact) mass is 321 g/mol. The molecular weight excluding hydrogens is 302 g/mol. The van der Waals surface area contributed by atoms with Gasteiger partial charge in [-0.3, -0.25) is 4.79 Å². The lowest BCUT2D eigenvalue weighted by Crippen LogP contribution is -2.27. The molecule has 1 aromatic carbocycles. The van der Waals surface area contributed by atoms with Crippen molar-refractivity contribution in [1.29, 1.82) is 0 Å². The highest BCUT2D eigenvalue weighted by Gasteiger charge is 2.32. The first kappa shape index (κ1) is 16.4. The van der Waals surface area contributed by atoms with Gasteiger partial charge in [-0.25, -0.2) is 0 Å². The van der Waals surface area contributed by atoms with Gasteiger partial charge < -0.3 is 14.8 Å². The van der Waals surface area contributed by atoms with Crippen molar-refractivity contribution in [3.05, 3.63) is 23.8 Å². The van der Waals surface area contributed by atoms with Gasteiger partial charge in [-0.05, 0) is 29.7 Å². The van der Waals surface area contributed by atoms with E-state index < -0.39 is 0 Å². The van der Waals surface area contributed by atoms with Crippen molar-refractivity contribution in [2.24, 2.45) is 16.1 Å². The third-order valence-corrected chi connectivity index (χ3v) is 4.51. The summed E-state index contributed by atoms with van der Waals surface area (Å²) in [6, 6.07) is 5.45. The van der Waals surface area contributed by atoms with E-state index in [9.17, 15) is 4.79 Å². The van der Waals surface area contributed by atoms with Crippen LogP contribution in [0.4, 0.5) is 0 Å². The Kier molecular flexibility index (Phi) is 5.43. The molecule has 0 spiro atoms. The van der Waals surface area contributed by atoms with Crippen molar-refractivity contribution in [3.8, 4) is 11.5 Å². The lowest BCUT2D eigenvalue weighted by Gasteiger charge is -2.07. The molecular formula is C15H19N3O3S. The fourth-order valence-electron chi connectivity index (χ4n) is 1.95. The SMILES string of the molecule is COc1ccc(C=NN=C2NC(=O)[C@H](C(C)C)S2)cc1OC. The minimum Gasteiger partial charge on any atom is -0.493 e. The van der Waals surface area contributed by atoms with Gasteiger partial charge in [0.2, 0.25) is 5.91 Å². The van der Waals surface area contributed by atoms with Crippen LogP contribution < -0.4 is 14.8 Å². The quantitative estimate of drug-likeness (QED) is 0.667. The highest BCUT2D eigenvalue weighted by Crippen LogP contribution is 2.27. The molecule has 1 aliphatic heterocycles. The number of nitrogens with zero attached hydrogens (tertiary/aromatic N) is 2. The van der Waals surface area contributed by atoms with Crippen molar-refractivity contribution < 1.29 is 14.3 Å². The van der Waals surface area contributed by atoms with E-state index in [4.69, 9.17) is 9.47 Å². The molecule has 1 aliphatic rings. The average molecular weight is 321 g/mol. The molecule has 1 aromatic rings. The number of thioether (sulfide) groups is 1. The smallest absolute Gasteiger partial charge is 0.239 e. The van der Waals surface area contributed by atoms with E-state index in [2.05, 4.69) is 15.5 Å². The van der Waals surface area contributed by atoms with Crippen molar-refractivity contribution in [2.75, 3.05) is 14.2 Å². The van der Waals surface area contributed by atoms with Crippen LogP contribution >= 0.6 is 11.8 Å². The summed E-state index contributed by atoms with van der Waals surface area (Å²) in [4.78, 5) is 11.7. The summed E-state index contributed by atoms with van der Waals surface area (Å²) in [5.41, 5.74) is 0.830. The highest BCUT2D eigenvalue weighted by molar-refractivity contribution is 8.15. The predicted octanol–water partition coefficient (Wildman–Crippen LogP) is 2.28. The molecule has 1 amide bonds. The van der Waals surface area contributed by atoms with Crippen LogP contribution in [0.2, 0.25) is 0 Å². The van der Waals surface area contributed by atoms with Crippen LogP contribution in [0.25, 0.3) is 0 Å². The topological polar surface area (TPSA) is 72.3 Å². The number of benzene rings is 1. The van der Waals surface area contributed by atoms with Crippen LogP contribution in [0.3, 0.4) is 0 Å². The van der Waals surface area contributed by atoms with E-state index in [1.54, 1.807) is 32.6 Å². The Morgan fingerprint density at radius 3 is 2.59 bits per heavy atom. The Bertz CT molecular complexity index is 614. The van der Waals surface area contributed by atoms with Crippen LogP contribution in [0.5, 0.6) is 11.5 Å². The van der Waals surface area contributed by atoms with Gasteiger partial charge in [0.15, 0.2) is 16.7 Å². The summed E-state index contributed by atoms with van der Waals surface area (Å²) in [6.07, 6.45) is 1.60. The molecule has 1 saturated heterocycles. The van der Waals surface area contributed by atoms with Gasteiger partial charge in [0.25, 0.3) is 0 Å². The van der Waals surface area contributed by atoms with Gasteiger partial charge in [-0.15, -0.1) is 5.10 Å². The number of carbonyl (C=O) groups excluding carboxylic acids is 1. The van der Waals surface area contributed by atoms with E-state index in [1.807, 2.05) is 19.9 Å². The molecule has 2 rings (SSSR count). The van der Waals surface area contributed by atoms with Crippen molar-refractivity contribution >= 4 is 29.1 Å². The standard InChI is InChI=1S/C15H19N3O3S/c1-9(2)13-14(19)17-15(22-13)18-16-8-10-5-6-11(20-3)12(7-10)21-4/h5-9,13H,1-4H3,(H,17,18,19)/t13-/m0/s1. The molecule has 0 bridgehead atoms. The number of amidine groups is 1. The average Bonchev–Trinajstić information content (AvgIpc) is 2.88. The van der Waals surface area contributed by atoms with E-state index in [1.165, 1.54) is 11.8 Å². The molecule has 22 heavy (non-hydrogen) atoms. The first-order valence-electron chi connectivity index (χ1n) is 6.85. The second-order valence-electron chi connectivity index (χ2n) is 5.04. The zero-order chi connectivity index (χ0) is 16.1. The summed E-state index contributed by atoms with van der Waals surface area (Å²) in [6.45, 7) is 4.01. The number of carbonyl (C=O) groups is 1. The minimum atomic E-state index is -0.102. The van der Waals surface area contributed by atoms with Gasteiger partial charge >= 0.3 is 0 Å². The fraction of sp³-hybridized carbons (Fsp3) is 0.400. The molecule has 1 N–H and O–H groups in total. The summed E-state index contributed by atoms with van der Waals surface area (Å²) in [5.74, 6) is 1.53.